The number of anilines is 1. The molecule has 1 aliphatic rings. The standard InChI is InChI=1S/C19H23ClN2O/c1-15-5-4-6-16(13-15)22-11-9-21(10-12-22)14-19(23)17-7-2-3-8-18(17)20/h2-8,13,19,23H,9-12,14H2,1H3/t19-/m0/s1. The molecule has 0 saturated carbocycles. The number of hydrogen-bond acceptors (Lipinski definition) is 3. The first-order chi connectivity index (χ1) is 11.1. The SMILES string of the molecule is Cc1cccc(N2CCN(C[C@H](O)c3ccccc3Cl)CC2)c1. The van der Waals surface area contributed by atoms with Crippen LogP contribution >= 0.6 is 11.6 Å². The van der Waals surface area contributed by atoms with Gasteiger partial charge in [-0.25, -0.2) is 0 Å². The highest BCUT2D eigenvalue weighted by Gasteiger charge is 2.21. The summed E-state index contributed by atoms with van der Waals surface area (Å²) in [6.07, 6.45) is -0.533. The maximum atomic E-state index is 10.4. The normalized spacial score (nSPS) is 17.3. The van der Waals surface area contributed by atoms with E-state index in [-0.39, 0.29) is 0 Å². The van der Waals surface area contributed by atoms with E-state index in [0.717, 1.165) is 31.7 Å². The van der Waals surface area contributed by atoms with Gasteiger partial charge in [0.15, 0.2) is 0 Å². The van der Waals surface area contributed by atoms with E-state index in [2.05, 4.69) is 41.0 Å². The van der Waals surface area contributed by atoms with Crippen LogP contribution in [0.1, 0.15) is 17.2 Å². The highest BCUT2D eigenvalue weighted by atomic mass is 35.5. The zero-order valence-corrected chi connectivity index (χ0v) is 14.2. The van der Waals surface area contributed by atoms with Crippen LogP contribution < -0.4 is 4.90 Å². The minimum atomic E-state index is -0.533. The zero-order chi connectivity index (χ0) is 16.2. The Balaban J connectivity index is 1.56. The summed E-state index contributed by atoms with van der Waals surface area (Å²) in [4.78, 5) is 4.71. The Labute approximate surface area is 143 Å². The van der Waals surface area contributed by atoms with Gasteiger partial charge in [-0.3, -0.25) is 4.90 Å². The summed E-state index contributed by atoms with van der Waals surface area (Å²) in [5.41, 5.74) is 3.39. The van der Waals surface area contributed by atoms with Crippen molar-refractivity contribution >= 4 is 17.3 Å². The molecule has 1 heterocycles. The molecule has 0 aromatic heterocycles. The maximum absolute atomic E-state index is 10.4. The van der Waals surface area contributed by atoms with Gasteiger partial charge < -0.3 is 10.0 Å². The summed E-state index contributed by atoms with van der Waals surface area (Å²) in [6, 6.07) is 16.2. The molecule has 2 aromatic carbocycles. The van der Waals surface area contributed by atoms with Crippen LogP contribution in [0, 0.1) is 6.92 Å². The molecule has 1 saturated heterocycles. The van der Waals surface area contributed by atoms with Gasteiger partial charge >= 0.3 is 0 Å². The van der Waals surface area contributed by atoms with Gasteiger partial charge in [-0.1, -0.05) is 41.9 Å². The molecule has 0 spiro atoms. The number of aliphatic hydroxyl groups excluding tert-OH is 1. The average molecular weight is 331 g/mol. The number of aryl methyl sites for hydroxylation is 1. The Morgan fingerprint density at radius 1 is 1.04 bits per heavy atom. The Morgan fingerprint density at radius 2 is 1.78 bits per heavy atom. The van der Waals surface area contributed by atoms with Crippen molar-refractivity contribution in [3.05, 3.63) is 64.7 Å². The zero-order valence-electron chi connectivity index (χ0n) is 13.5. The lowest BCUT2D eigenvalue weighted by molar-refractivity contribution is 0.109. The van der Waals surface area contributed by atoms with E-state index in [4.69, 9.17) is 11.6 Å². The van der Waals surface area contributed by atoms with E-state index in [1.54, 1.807) is 0 Å². The molecule has 3 nitrogen and oxygen atoms in total. The second kappa shape index (κ2) is 7.35. The Morgan fingerprint density at radius 3 is 2.48 bits per heavy atom. The van der Waals surface area contributed by atoms with Gasteiger partial charge in [-0.15, -0.1) is 0 Å². The van der Waals surface area contributed by atoms with E-state index in [1.807, 2.05) is 24.3 Å². The van der Waals surface area contributed by atoms with Crippen molar-refractivity contribution in [1.29, 1.82) is 0 Å². The predicted molar refractivity (Wildman–Crippen MR) is 96.2 cm³/mol. The molecular weight excluding hydrogens is 308 g/mol. The minimum Gasteiger partial charge on any atom is -0.387 e. The van der Waals surface area contributed by atoms with Crippen LogP contribution in [-0.2, 0) is 0 Å². The number of halogens is 1. The summed E-state index contributed by atoms with van der Waals surface area (Å²) in [6.45, 7) is 6.63. The van der Waals surface area contributed by atoms with E-state index in [0.29, 0.717) is 11.6 Å². The quantitative estimate of drug-likeness (QED) is 0.929. The molecule has 4 heteroatoms. The van der Waals surface area contributed by atoms with E-state index in [9.17, 15) is 5.11 Å². The summed E-state index contributed by atoms with van der Waals surface area (Å²) < 4.78 is 0. The van der Waals surface area contributed by atoms with Crippen molar-refractivity contribution in [3.8, 4) is 0 Å². The second-order valence-corrected chi connectivity index (χ2v) is 6.57. The summed E-state index contributed by atoms with van der Waals surface area (Å²) >= 11 is 6.17. The first-order valence-corrected chi connectivity index (χ1v) is 8.48. The Kier molecular flexibility index (Phi) is 5.21. The lowest BCUT2D eigenvalue weighted by atomic mass is 10.1. The molecule has 2 aromatic rings. The van der Waals surface area contributed by atoms with Crippen LogP contribution in [-0.4, -0.2) is 42.7 Å². The van der Waals surface area contributed by atoms with Crippen molar-refractivity contribution in [1.82, 2.24) is 4.90 Å². The van der Waals surface area contributed by atoms with Crippen molar-refractivity contribution < 1.29 is 5.11 Å². The molecule has 0 bridgehead atoms. The van der Waals surface area contributed by atoms with Crippen LogP contribution in [0.4, 0.5) is 5.69 Å². The second-order valence-electron chi connectivity index (χ2n) is 6.16. The maximum Gasteiger partial charge on any atom is 0.0931 e. The molecule has 0 radical (unpaired) electrons. The van der Waals surface area contributed by atoms with Crippen LogP contribution in [0.25, 0.3) is 0 Å². The van der Waals surface area contributed by atoms with Crippen LogP contribution in [0.5, 0.6) is 0 Å². The monoisotopic (exact) mass is 330 g/mol. The van der Waals surface area contributed by atoms with E-state index < -0.39 is 6.10 Å². The number of β-amino-alcohol motifs (C(OH)–C–C–N with tert-alkyl or cyclic N) is 1. The lowest BCUT2D eigenvalue weighted by Gasteiger charge is -2.37. The molecular formula is C19H23ClN2O. The largest absolute Gasteiger partial charge is 0.387 e. The fourth-order valence-electron chi connectivity index (χ4n) is 3.10. The number of benzene rings is 2. The molecule has 3 rings (SSSR count). The minimum absolute atomic E-state index is 0.533. The van der Waals surface area contributed by atoms with Crippen molar-refractivity contribution in [3.63, 3.8) is 0 Å². The lowest BCUT2D eigenvalue weighted by Crippen LogP contribution is -2.47. The number of nitrogens with zero attached hydrogens (tertiary/aromatic N) is 2. The van der Waals surface area contributed by atoms with Gasteiger partial charge in [0.05, 0.1) is 6.10 Å². The molecule has 23 heavy (non-hydrogen) atoms. The first kappa shape index (κ1) is 16.3. The molecule has 1 fully saturated rings. The molecule has 1 aliphatic heterocycles. The molecule has 0 aliphatic carbocycles. The van der Waals surface area contributed by atoms with Gasteiger partial charge in [0.1, 0.15) is 0 Å². The van der Waals surface area contributed by atoms with Gasteiger partial charge in [-0.2, -0.15) is 0 Å². The van der Waals surface area contributed by atoms with Crippen molar-refractivity contribution in [2.45, 2.75) is 13.0 Å². The van der Waals surface area contributed by atoms with Crippen LogP contribution in [0.15, 0.2) is 48.5 Å². The van der Waals surface area contributed by atoms with Gasteiger partial charge in [0.2, 0.25) is 0 Å². The summed E-state index contributed by atoms with van der Waals surface area (Å²) in [7, 11) is 0. The molecule has 0 unspecified atom stereocenters. The van der Waals surface area contributed by atoms with E-state index >= 15 is 0 Å². The smallest absolute Gasteiger partial charge is 0.0931 e. The third-order valence-electron chi connectivity index (χ3n) is 4.43. The fourth-order valence-corrected chi connectivity index (χ4v) is 3.36. The third-order valence-corrected chi connectivity index (χ3v) is 4.78. The van der Waals surface area contributed by atoms with Gasteiger partial charge in [0.25, 0.3) is 0 Å². The highest BCUT2D eigenvalue weighted by Crippen LogP contribution is 2.24. The first-order valence-electron chi connectivity index (χ1n) is 8.10. The average Bonchev–Trinajstić information content (AvgIpc) is 2.56. The molecule has 122 valence electrons. The third kappa shape index (κ3) is 4.05. The van der Waals surface area contributed by atoms with Crippen molar-refractivity contribution in [2.24, 2.45) is 0 Å². The highest BCUT2D eigenvalue weighted by molar-refractivity contribution is 6.31. The Bertz CT molecular complexity index is 653. The van der Waals surface area contributed by atoms with Crippen LogP contribution in [0.3, 0.4) is 0 Å². The predicted octanol–water partition coefficient (Wildman–Crippen LogP) is 3.50. The van der Waals surface area contributed by atoms with Crippen molar-refractivity contribution in [2.75, 3.05) is 37.6 Å². The fraction of sp³-hybridized carbons (Fsp3) is 0.368. The number of piperazine rings is 1. The Hall–Kier alpha value is -1.55. The molecule has 0 amide bonds. The number of rotatable bonds is 4. The topological polar surface area (TPSA) is 26.7 Å². The molecule has 1 N–H and O–H groups in total. The summed E-state index contributed by atoms with van der Waals surface area (Å²) in [5.74, 6) is 0. The number of aliphatic hydroxyl groups is 1. The van der Waals surface area contributed by atoms with E-state index in [1.165, 1.54) is 11.3 Å². The van der Waals surface area contributed by atoms with Crippen LogP contribution in [0.2, 0.25) is 5.02 Å². The number of hydrogen-bond donors (Lipinski definition) is 1. The van der Waals surface area contributed by atoms with Gasteiger partial charge in [0, 0.05) is 49.0 Å². The molecule has 1 atom stereocenters. The summed E-state index contributed by atoms with van der Waals surface area (Å²) in [5, 5.41) is 11.1. The van der Waals surface area contributed by atoms with Gasteiger partial charge in [-0.05, 0) is 30.7 Å².